The van der Waals surface area contributed by atoms with Crippen LogP contribution >= 0.6 is 0 Å². The Labute approximate surface area is 237 Å². The van der Waals surface area contributed by atoms with Gasteiger partial charge in [-0.1, -0.05) is 120 Å². The Morgan fingerprint density at radius 2 is 1.35 bits per heavy atom. The van der Waals surface area contributed by atoms with Crippen LogP contribution in [0, 0.1) is 0 Å². The Kier molecular flexibility index (Phi) is 5.54. The topological polar surface area (TPSA) is 17.8 Å². The molecule has 0 spiro atoms. The molecule has 1 aromatic heterocycles. The zero-order valence-electron chi connectivity index (χ0n) is 24.3. The average Bonchev–Trinajstić information content (AvgIpc) is 3.45. The van der Waals surface area contributed by atoms with Crippen LogP contribution in [0.1, 0.15) is 75.6 Å². The molecule has 0 aliphatic heterocycles. The van der Waals surface area contributed by atoms with E-state index in [0.717, 1.165) is 22.4 Å². The molecule has 0 amide bonds. The second-order valence-electron chi connectivity index (χ2n) is 12.4. The van der Waals surface area contributed by atoms with Crippen LogP contribution in [-0.2, 0) is 5.41 Å². The van der Waals surface area contributed by atoms with Gasteiger partial charge in [0.15, 0.2) is 0 Å². The summed E-state index contributed by atoms with van der Waals surface area (Å²) in [6, 6.07) is 35.8. The van der Waals surface area contributed by atoms with Gasteiger partial charge in [0, 0.05) is 11.0 Å². The Balaban J connectivity index is 1.55. The lowest BCUT2D eigenvalue weighted by Gasteiger charge is -2.23. The summed E-state index contributed by atoms with van der Waals surface area (Å²) in [7, 11) is 0. The van der Waals surface area contributed by atoms with Gasteiger partial charge in [-0.15, -0.1) is 0 Å². The van der Waals surface area contributed by atoms with Gasteiger partial charge in [0.25, 0.3) is 0 Å². The second kappa shape index (κ2) is 8.93. The minimum Gasteiger partial charge on any atom is -0.292 e. The predicted octanol–water partition coefficient (Wildman–Crippen LogP) is 10.4. The Morgan fingerprint density at radius 3 is 2.10 bits per heavy atom. The number of hydrogen-bond donors (Lipinski definition) is 0. The molecule has 5 aromatic carbocycles. The van der Waals surface area contributed by atoms with E-state index in [4.69, 9.17) is 4.98 Å². The molecule has 0 fully saturated rings. The van der Waals surface area contributed by atoms with Crippen LogP contribution in [-0.4, -0.2) is 9.55 Å². The molecule has 2 nitrogen and oxygen atoms in total. The van der Waals surface area contributed by atoms with Crippen molar-refractivity contribution in [3.8, 4) is 28.2 Å². The number of para-hydroxylation sites is 3. The van der Waals surface area contributed by atoms with Crippen molar-refractivity contribution in [2.75, 3.05) is 0 Å². The standard InChI is InChI=1S/C38H36N2/c1-23(2)27-14-11-15-28(24(3)4)36(27)40-34-17-10-9-16-33(34)39-37(40)26-19-20-31-30(22-26)35-29-13-8-7-12-25(29)18-21-32(35)38(31,5)6/h7-24H,1-6H3. The molecule has 0 saturated heterocycles. The smallest absolute Gasteiger partial charge is 0.145 e. The molecular formula is C38H36N2. The van der Waals surface area contributed by atoms with Gasteiger partial charge in [-0.25, -0.2) is 4.98 Å². The third kappa shape index (κ3) is 3.52. The molecule has 40 heavy (non-hydrogen) atoms. The lowest BCUT2D eigenvalue weighted by molar-refractivity contribution is 0.661. The largest absolute Gasteiger partial charge is 0.292 e. The van der Waals surface area contributed by atoms with Crippen LogP contribution in [0.2, 0.25) is 0 Å². The van der Waals surface area contributed by atoms with E-state index in [1.165, 1.54) is 49.8 Å². The molecule has 0 N–H and O–H groups in total. The van der Waals surface area contributed by atoms with Crippen molar-refractivity contribution < 1.29 is 0 Å². The van der Waals surface area contributed by atoms with Gasteiger partial charge < -0.3 is 0 Å². The first-order valence-corrected chi connectivity index (χ1v) is 14.6. The molecule has 0 radical (unpaired) electrons. The number of imidazole rings is 1. The fourth-order valence-corrected chi connectivity index (χ4v) is 6.88. The average molecular weight is 521 g/mol. The Bertz CT molecular complexity index is 1910. The highest BCUT2D eigenvalue weighted by Gasteiger charge is 2.37. The van der Waals surface area contributed by atoms with Gasteiger partial charge >= 0.3 is 0 Å². The van der Waals surface area contributed by atoms with E-state index in [0.29, 0.717) is 11.8 Å². The van der Waals surface area contributed by atoms with E-state index in [2.05, 4.69) is 143 Å². The molecular weight excluding hydrogens is 484 g/mol. The summed E-state index contributed by atoms with van der Waals surface area (Å²) in [6.45, 7) is 13.9. The number of fused-ring (bicyclic) bond motifs is 6. The van der Waals surface area contributed by atoms with Crippen molar-refractivity contribution in [1.82, 2.24) is 9.55 Å². The summed E-state index contributed by atoms with van der Waals surface area (Å²) in [4.78, 5) is 5.30. The van der Waals surface area contributed by atoms with Gasteiger partial charge in [0.1, 0.15) is 5.82 Å². The molecule has 0 unspecified atom stereocenters. The van der Waals surface area contributed by atoms with Crippen LogP contribution in [0.4, 0.5) is 0 Å². The third-order valence-electron chi connectivity index (χ3n) is 8.95. The van der Waals surface area contributed by atoms with Crippen molar-refractivity contribution in [2.24, 2.45) is 0 Å². The maximum absolute atomic E-state index is 5.30. The molecule has 1 aliphatic carbocycles. The molecule has 7 rings (SSSR count). The zero-order valence-corrected chi connectivity index (χ0v) is 24.3. The first-order chi connectivity index (χ1) is 19.3. The number of nitrogens with zero attached hydrogens (tertiary/aromatic N) is 2. The maximum atomic E-state index is 5.30. The van der Waals surface area contributed by atoms with E-state index < -0.39 is 0 Å². The minimum atomic E-state index is -0.0532. The lowest BCUT2D eigenvalue weighted by Crippen LogP contribution is -2.14. The summed E-state index contributed by atoms with van der Waals surface area (Å²) >= 11 is 0. The van der Waals surface area contributed by atoms with E-state index in [-0.39, 0.29) is 5.41 Å². The Morgan fingerprint density at radius 1 is 0.675 bits per heavy atom. The van der Waals surface area contributed by atoms with Crippen LogP contribution in [0.15, 0.2) is 97.1 Å². The number of rotatable bonds is 4. The monoisotopic (exact) mass is 520 g/mol. The minimum absolute atomic E-state index is 0.0532. The van der Waals surface area contributed by atoms with Crippen LogP contribution in [0.25, 0.3) is 50.0 Å². The fourth-order valence-electron chi connectivity index (χ4n) is 6.88. The molecule has 0 atom stereocenters. The van der Waals surface area contributed by atoms with Crippen LogP contribution in [0.5, 0.6) is 0 Å². The van der Waals surface area contributed by atoms with Crippen molar-refractivity contribution in [3.05, 3.63) is 119 Å². The highest BCUT2D eigenvalue weighted by atomic mass is 15.1. The van der Waals surface area contributed by atoms with Crippen LogP contribution in [0.3, 0.4) is 0 Å². The summed E-state index contributed by atoms with van der Waals surface area (Å²) < 4.78 is 2.44. The molecule has 0 saturated carbocycles. The van der Waals surface area contributed by atoms with Gasteiger partial charge in [-0.3, -0.25) is 4.57 Å². The molecule has 0 bridgehead atoms. The first kappa shape index (κ1) is 24.8. The van der Waals surface area contributed by atoms with E-state index in [1.807, 2.05) is 0 Å². The van der Waals surface area contributed by atoms with Crippen molar-refractivity contribution >= 4 is 21.8 Å². The molecule has 1 heterocycles. The van der Waals surface area contributed by atoms with E-state index in [1.54, 1.807) is 0 Å². The summed E-state index contributed by atoms with van der Waals surface area (Å²) in [5, 5.41) is 2.61. The number of aromatic nitrogens is 2. The van der Waals surface area contributed by atoms with E-state index >= 15 is 0 Å². The lowest BCUT2D eigenvalue weighted by atomic mass is 9.82. The third-order valence-corrected chi connectivity index (χ3v) is 8.95. The second-order valence-corrected chi connectivity index (χ2v) is 12.4. The van der Waals surface area contributed by atoms with Gasteiger partial charge in [0.2, 0.25) is 0 Å². The maximum Gasteiger partial charge on any atom is 0.145 e. The highest BCUT2D eigenvalue weighted by Crippen LogP contribution is 2.52. The number of hydrogen-bond acceptors (Lipinski definition) is 1. The molecule has 1 aliphatic rings. The Hall–Kier alpha value is -4.17. The van der Waals surface area contributed by atoms with Gasteiger partial charge in [-0.05, 0) is 74.2 Å². The van der Waals surface area contributed by atoms with Crippen molar-refractivity contribution in [1.29, 1.82) is 0 Å². The normalized spacial score (nSPS) is 13.9. The SMILES string of the molecule is CC(C)c1cccc(C(C)C)c1-n1c(-c2ccc3c(c2)-c2c(ccc4ccccc24)C3(C)C)nc2ccccc21. The molecule has 2 heteroatoms. The highest BCUT2D eigenvalue weighted by molar-refractivity contribution is 6.03. The van der Waals surface area contributed by atoms with Crippen LogP contribution < -0.4 is 0 Å². The fraction of sp³-hybridized carbons (Fsp3) is 0.237. The van der Waals surface area contributed by atoms with Crippen molar-refractivity contribution in [3.63, 3.8) is 0 Å². The van der Waals surface area contributed by atoms with E-state index in [9.17, 15) is 0 Å². The number of benzene rings is 5. The summed E-state index contributed by atoms with van der Waals surface area (Å²) in [5.41, 5.74) is 12.8. The quantitative estimate of drug-likeness (QED) is 0.226. The van der Waals surface area contributed by atoms with Crippen molar-refractivity contribution in [2.45, 2.75) is 58.8 Å². The predicted molar refractivity (Wildman–Crippen MR) is 170 cm³/mol. The zero-order chi connectivity index (χ0) is 27.8. The first-order valence-electron chi connectivity index (χ1n) is 14.6. The molecule has 198 valence electrons. The summed E-state index contributed by atoms with van der Waals surface area (Å²) in [6.07, 6.45) is 0. The van der Waals surface area contributed by atoms with Gasteiger partial charge in [0.05, 0.1) is 16.7 Å². The molecule has 6 aromatic rings. The summed E-state index contributed by atoms with van der Waals surface area (Å²) in [5.74, 6) is 1.79. The van der Waals surface area contributed by atoms with Gasteiger partial charge in [-0.2, -0.15) is 0 Å².